The molecule has 9 nitrogen and oxygen atoms in total. The van der Waals surface area contributed by atoms with Crippen molar-refractivity contribution in [2.45, 2.75) is 11.4 Å². The van der Waals surface area contributed by atoms with E-state index in [1.807, 2.05) is 6.07 Å². The highest BCUT2D eigenvalue weighted by atomic mass is 32.2. The van der Waals surface area contributed by atoms with E-state index in [1.54, 1.807) is 36.4 Å². The maximum atomic E-state index is 13.3. The maximum Gasteiger partial charge on any atom is 0.336 e. The number of nitrogens with one attached hydrogen (secondary N) is 1. The van der Waals surface area contributed by atoms with Crippen molar-refractivity contribution in [3.63, 3.8) is 0 Å². The van der Waals surface area contributed by atoms with Crippen molar-refractivity contribution in [3.05, 3.63) is 95.6 Å². The minimum absolute atomic E-state index is 0.0101. The molecule has 1 amide bonds. The summed E-state index contributed by atoms with van der Waals surface area (Å²) in [5.41, 5.74) is 3.28. The van der Waals surface area contributed by atoms with Gasteiger partial charge in [-0.05, 0) is 35.9 Å². The molecule has 0 bridgehead atoms. The number of carbonyl (C=O) groups is 2. The van der Waals surface area contributed by atoms with E-state index >= 15 is 0 Å². The number of ether oxygens (including phenoxy) is 1. The molecular weight excluding hydrogens is 458 g/mol. The number of benzene rings is 3. The molecule has 0 heterocycles. The van der Waals surface area contributed by atoms with Gasteiger partial charge in [0.05, 0.1) is 30.3 Å². The van der Waals surface area contributed by atoms with Gasteiger partial charge in [0, 0.05) is 12.1 Å². The summed E-state index contributed by atoms with van der Waals surface area (Å²) in [6, 6.07) is 20.9. The average molecular weight is 482 g/mol. The lowest BCUT2D eigenvalue weighted by atomic mass is 10.1. The van der Waals surface area contributed by atoms with Crippen molar-refractivity contribution in [1.29, 1.82) is 0 Å². The van der Waals surface area contributed by atoms with Crippen LogP contribution >= 0.6 is 0 Å². The zero-order valence-corrected chi connectivity index (χ0v) is 19.1. The van der Waals surface area contributed by atoms with Gasteiger partial charge in [0.25, 0.3) is 5.91 Å². The number of nitrogens with zero attached hydrogens (tertiary/aromatic N) is 2. The number of rotatable bonds is 10. The molecule has 0 radical (unpaired) electrons. The van der Waals surface area contributed by atoms with E-state index in [1.165, 1.54) is 49.7 Å². The number of carboxylic acids is 1. The summed E-state index contributed by atoms with van der Waals surface area (Å²) in [5, 5.41) is 13.0. The summed E-state index contributed by atoms with van der Waals surface area (Å²) in [5.74, 6) is -1.31. The van der Waals surface area contributed by atoms with Crippen LogP contribution in [0.4, 0.5) is 0 Å². The predicted molar refractivity (Wildman–Crippen MR) is 126 cm³/mol. The second-order valence-electron chi connectivity index (χ2n) is 7.12. The quantitative estimate of drug-likeness (QED) is 0.339. The topological polar surface area (TPSA) is 125 Å². The van der Waals surface area contributed by atoms with Gasteiger partial charge in [0.2, 0.25) is 10.0 Å². The molecule has 34 heavy (non-hydrogen) atoms. The van der Waals surface area contributed by atoms with Crippen molar-refractivity contribution in [2.24, 2.45) is 5.10 Å². The lowest BCUT2D eigenvalue weighted by Crippen LogP contribution is -2.39. The lowest BCUT2D eigenvalue weighted by Gasteiger charge is -2.21. The number of hydrogen-bond donors (Lipinski definition) is 2. The monoisotopic (exact) mass is 481 g/mol. The summed E-state index contributed by atoms with van der Waals surface area (Å²) in [6.07, 6.45) is 1.20. The highest BCUT2D eigenvalue weighted by molar-refractivity contribution is 7.89. The second kappa shape index (κ2) is 11.2. The van der Waals surface area contributed by atoms with E-state index in [9.17, 15) is 23.1 Å². The van der Waals surface area contributed by atoms with Crippen LogP contribution in [0.3, 0.4) is 0 Å². The summed E-state index contributed by atoms with van der Waals surface area (Å²) >= 11 is 0. The van der Waals surface area contributed by atoms with E-state index in [2.05, 4.69) is 10.5 Å². The van der Waals surface area contributed by atoms with Gasteiger partial charge in [-0.25, -0.2) is 18.6 Å². The van der Waals surface area contributed by atoms with Crippen molar-refractivity contribution in [3.8, 4) is 5.75 Å². The maximum absolute atomic E-state index is 13.3. The Hall–Kier alpha value is -4.02. The summed E-state index contributed by atoms with van der Waals surface area (Å²) in [7, 11) is -2.55. The van der Waals surface area contributed by atoms with Crippen molar-refractivity contribution in [2.75, 3.05) is 13.7 Å². The van der Waals surface area contributed by atoms with E-state index in [4.69, 9.17) is 4.74 Å². The highest BCUT2D eigenvalue weighted by Gasteiger charge is 2.27. The van der Waals surface area contributed by atoms with E-state index in [0.717, 1.165) is 4.31 Å². The molecule has 0 aliphatic rings. The Morgan fingerprint density at radius 3 is 2.29 bits per heavy atom. The van der Waals surface area contributed by atoms with Crippen LogP contribution < -0.4 is 10.2 Å². The van der Waals surface area contributed by atoms with E-state index in [-0.39, 0.29) is 17.0 Å². The first kappa shape index (κ1) is 24.6. The van der Waals surface area contributed by atoms with E-state index < -0.39 is 28.4 Å². The van der Waals surface area contributed by atoms with Gasteiger partial charge in [-0.2, -0.15) is 9.41 Å². The molecule has 0 saturated carbocycles. The van der Waals surface area contributed by atoms with Crippen LogP contribution in [-0.4, -0.2) is 49.6 Å². The van der Waals surface area contributed by atoms with Gasteiger partial charge in [-0.1, -0.05) is 48.5 Å². The zero-order chi connectivity index (χ0) is 24.6. The van der Waals surface area contributed by atoms with E-state index in [0.29, 0.717) is 16.9 Å². The van der Waals surface area contributed by atoms with Gasteiger partial charge < -0.3 is 9.84 Å². The Balaban J connectivity index is 1.79. The normalized spacial score (nSPS) is 11.5. The molecule has 3 rings (SSSR count). The fourth-order valence-corrected chi connectivity index (χ4v) is 4.47. The molecule has 0 unspecified atom stereocenters. The van der Waals surface area contributed by atoms with Crippen LogP contribution in [0, 0.1) is 0 Å². The summed E-state index contributed by atoms with van der Waals surface area (Å²) in [4.78, 5) is 23.9. The molecule has 0 saturated heterocycles. The third-order valence-corrected chi connectivity index (χ3v) is 6.61. The standard InChI is InChI=1S/C24H23N3O6S/c1-33-20-11-13-21(14-12-20)34(31,32)27(16-18-7-3-2-4-8-18)17-23(28)26-25-15-19-9-5-6-10-22(19)24(29)30/h2-15H,16-17H2,1H3,(H,26,28)(H,29,30)/b25-15-. The Labute approximate surface area is 197 Å². The SMILES string of the molecule is COc1ccc(S(=O)(=O)N(CC(=O)N/N=C\c2ccccc2C(=O)O)Cc2ccccc2)cc1. The van der Waals surface area contributed by atoms with Gasteiger partial charge >= 0.3 is 5.97 Å². The van der Waals surface area contributed by atoms with Gasteiger partial charge in [-0.3, -0.25) is 4.79 Å². The lowest BCUT2D eigenvalue weighted by molar-refractivity contribution is -0.121. The molecule has 0 aliphatic heterocycles. The second-order valence-corrected chi connectivity index (χ2v) is 9.06. The van der Waals surface area contributed by atoms with Crippen molar-refractivity contribution in [1.82, 2.24) is 9.73 Å². The summed E-state index contributed by atoms with van der Waals surface area (Å²) in [6.45, 7) is -0.532. The van der Waals surface area contributed by atoms with Gasteiger partial charge in [0.15, 0.2) is 0 Å². The Morgan fingerprint density at radius 1 is 1.00 bits per heavy atom. The minimum Gasteiger partial charge on any atom is -0.497 e. The third-order valence-electron chi connectivity index (χ3n) is 4.80. The number of aromatic carboxylic acids is 1. The smallest absolute Gasteiger partial charge is 0.336 e. The third kappa shape index (κ3) is 6.27. The Bertz CT molecular complexity index is 1280. The first-order chi connectivity index (χ1) is 16.3. The molecular formula is C24H23N3O6S. The molecule has 0 spiro atoms. The number of carboxylic acid groups (broad SMARTS) is 1. The number of sulfonamides is 1. The predicted octanol–water partition coefficient (Wildman–Crippen LogP) is 2.73. The number of methoxy groups -OCH3 is 1. The van der Waals surface area contributed by atoms with Crippen LogP contribution in [0.2, 0.25) is 0 Å². The van der Waals surface area contributed by atoms with Crippen molar-refractivity contribution >= 4 is 28.1 Å². The number of amides is 1. The van der Waals surface area contributed by atoms with Crippen LogP contribution in [-0.2, 0) is 21.4 Å². The number of hydrazone groups is 1. The van der Waals surface area contributed by atoms with Crippen LogP contribution in [0.1, 0.15) is 21.5 Å². The molecule has 2 N–H and O–H groups in total. The Morgan fingerprint density at radius 2 is 1.65 bits per heavy atom. The fraction of sp³-hybridized carbons (Fsp3) is 0.125. The number of carbonyl (C=O) groups excluding carboxylic acids is 1. The van der Waals surface area contributed by atoms with Gasteiger partial charge in [0.1, 0.15) is 5.75 Å². The first-order valence-electron chi connectivity index (χ1n) is 10.1. The molecule has 0 fully saturated rings. The Kier molecular flexibility index (Phi) is 8.12. The van der Waals surface area contributed by atoms with Gasteiger partial charge in [-0.15, -0.1) is 0 Å². The molecule has 0 aliphatic carbocycles. The van der Waals surface area contributed by atoms with Crippen LogP contribution in [0.15, 0.2) is 88.9 Å². The average Bonchev–Trinajstić information content (AvgIpc) is 2.84. The highest BCUT2D eigenvalue weighted by Crippen LogP contribution is 2.21. The minimum atomic E-state index is -4.03. The molecule has 176 valence electrons. The molecule has 3 aromatic carbocycles. The fourth-order valence-electron chi connectivity index (χ4n) is 3.08. The van der Waals surface area contributed by atoms with Crippen LogP contribution in [0.5, 0.6) is 5.75 Å². The first-order valence-corrected chi connectivity index (χ1v) is 11.6. The van der Waals surface area contributed by atoms with Crippen LogP contribution in [0.25, 0.3) is 0 Å². The molecule has 10 heteroatoms. The molecule has 3 aromatic rings. The summed E-state index contributed by atoms with van der Waals surface area (Å²) < 4.78 is 32.7. The van der Waals surface area contributed by atoms with Crippen molar-refractivity contribution < 1.29 is 27.9 Å². The largest absolute Gasteiger partial charge is 0.497 e. The zero-order valence-electron chi connectivity index (χ0n) is 18.3. The molecule has 0 aromatic heterocycles. The number of hydrogen-bond acceptors (Lipinski definition) is 6. The molecule has 0 atom stereocenters.